The number of carbonyl (C=O) groups excluding carboxylic acids is 1. The summed E-state index contributed by atoms with van der Waals surface area (Å²) in [5.74, 6) is 0.666. The van der Waals surface area contributed by atoms with Gasteiger partial charge in [-0.25, -0.2) is 0 Å². The maximum Gasteiger partial charge on any atom is 0.126 e. The number of ketones is 1. The van der Waals surface area contributed by atoms with Crippen LogP contribution < -0.4 is 0 Å². The molecule has 0 saturated heterocycles. The van der Waals surface area contributed by atoms with Gasteiger partial charge in [0.2, 0.25) is 0 Å². The monoisotopic (exact) mass is 226 g/mol. The molecule has 0 spiro atoms. The second kappa shape index (κ2) is 7.47. The predicted molar refractivity (Wildman–Crippen MR) is 66.2 cm³/mol. The molecule has 0 bridgehead atoms. The quantitative estimate of drug-likeness (QED) is 0.691. The molecule has 15 heavy (non-hydrogen) atoms. The Hall–Kier alpha value is -0.820. The molecule has 1 atom stereocenters. The van der Waals surface area contributed by atoms with Crippen LogP contribution in [-0.4, -0.2) is 5.78 Å². The lowest BCUT2D eigenvalue weighted by molar-refractivity contribution is -0.114. The van der Waals surface area contributed by atoms with Crippen LogP contribution in [0.15, 0.2) is 30.3 Å². The van der Waals surface area contributed by atoms with E-state index in [2.05, 4.69) is 26.0 Å². The standard InChI is InChI=1S/C10H13Cl.C3H6O/c1-8(2)10(11)9-6-4-3-5-7-9;1-3(2)4/h3-8,10H,1-2H3;1-2H3. The summed E-state index contributed by atoms with van der Waals surface area (Å²) in [5.41, 5.74) is 1.21. The van der Waals surface area contributed by atoms with E-state index in [9.17, 15) is 4.79 Å². The molecule has 0 N–H and O–H groups in total. The fourth-order valence-electron chi connectivity index (χ4n) is 1.02. The van der Waals surface area contributed by atoms with Crippen molar-refractivity contribution in [3.8, 4) is 0 Å². The number of halogens is 1. The second-order valence-corrected chi connectivity index (χ2v) is 4.43. The van der Waals surface area contributed by atoms with Crippen molar-refractivity contribution >= 4 is 17.4 Å². The molecule has 1 nitrogen and oxygen atoms in total. The summed E-state index contributed by atoms with van der Waals surface area (Å²) < 4.78 is 0. The second-order valence-electron chi connectivity index (χ2n) is 3.96. The average Bonchev–Trinajstić information content (AvgIpc) is 2.17. The molecule has 1 unspecified atom stereocenters. The molecule has 1 aromatic carbocycles. The number of rotatable bonds is 2. The molecule has 0 saturated carbocycles. The molecule has 0 aliphatic carbocycles. The van der Waals surface area contributed by atoms with Crippen molar-refractivity contribution in [2.75, 3.05) is 0 Å². The van der Waals surface area contributed by atoms with E-state index in [4.69, 9.17) is 11.6 Å². The normalized spacial score (nSPS) is 11.6. The summed E-state index contributed by atoms with van der Waals surface area (Å²) in [4.78, 5) is 9.44. The summed E-state index contributed by atoms with van der Waals surface area (Å²) in [6, 6.07) is 10.2. The third kappa shape index (κ3) is 7.15. The van der Waals surface area contributed by atoms with Crippen molar-refractivity contribution in [3.63, 3.8) is 0 Å². The van der Waals surface area contributed by atoms with Crippen LogP contribution in [0, 0.1) is 5.92 Å². The zero-order valence-corrected chi connectivity index (χ0v) is 10.6. The molecule has 0 aliphatic rings. The maximum atomic E-state index is 9.44. The van der Waals surface area contributed by atoms with Gasteiger partial charge in [0, 0.05) is 0 Å². The first kappa shape index (κ1) is 14.2. The van der Waals surface area contributed by atoms with Crippen LogP contribution in [0.2, 0.25) is 0 Å². The lowest BCUT2D eigenvalue weighted by atomic mass is 10.0. The molecule has 0 aliphatic heterocycles. The largest absolute Gasteiger partial charge is 0.300 e. The van der Waals surface area contributed by atoms with Crippen LogP contribution in [0.25, 0.3) is 0 Å². The number of hydrogen-bond donors (Lipinski definition) is 0. The van der Waals surface area contributed by atoms with Crippen LogP contribution in [0.4, 0.5) is 0 Å². The fraction of sp³-hybridized carbons (Fsp3) is 0.462. The molecule has 0 radical (unpaired) electrons. The minimum absolute atomic E-state index is 0.149. The topological polar surface area (TPSA) is 17.1 Å². The van der Waals surface area contributed by atoms with Gasteiger partial charge in [0.1, 0.15) is 5.78 Å². The highest BCUT2D eigenvalue weighted by atomic mass is 35.5. The van der Waals surface area contributed by atoms with Gasteiger partial charge in [-0.1, -0.05) is 44.2 Å². The number of carbonyl (C=O) groups is 1. The van der Waals surface area contributed by atoms with E-state index in [1.54, 1.807) is 0 Å². The fourth-order valence-corrected chi connectivity index (χ4v) is 1.17. The highest BCUT2D eigenvalue weighted by Gasteiger charge is 2.10. The van der Waals surface area contributed by atoms with Crippen molar-refractivity contribution in [1.29, 1.82) is 0 Å². The summed E-state index contributed by atoms with van der Waals surface area (Å²) in [7, 11) is 0. The van der Waals surface area contributed by atoms with E-state index in [0.29, 0.717) is 5.92 Å². The van der Waals surface area contributed by atoms with Gasteiger partial charge >= 0.3 is 0 Å². The van der Waals surface area contributed by atoms with Crippen molar-refractivity contribution in [1.82, 2.24) is 0 Å². The predicted octanol–water partition coefficient (Wildman–Crippen LogP) is 4.22. The summed E-state index contributed by atoms with van der Waals surface area (Å²) in [5, 5.41) is 0.149. The Balaban J connectivity index is 0.000000423. The zero-order valence-electron chi connectivity index (χ0n) is 9.83. The zero-order chi connectivity index (χ0) is 11.8. The maximum absolute atomic E-state index is 9.44. The molecule has 1 rings (SSSR count). The highest BCUT2D eigenvalue weighted by molar-refractivity contribution is 6.20. The smallest absolute Gasteiger partial charge is 0.126 e. The van der Waals surface area contributed by atoms with Gasteiger partial charge in [-0.2, -0.15) is 0 Å². The van der Waals surface area contributed by atoms with Crippen molar-refractivity contribution < 1.29 is 4.79 Å². The van der Waals surface area contributed by atoms with Crippen LogP contribution in [0.5, 0.6) is 0 Å². The summed E-state index contributed by atoms with van der Waals surface area (Å²) in [6.07, 6.45) is 0. The third-order valence-electron chi connectivity index (χ3n) is 1.70. The molecule has 0 amide bonds. The summed E-state index contributed by atoms with van der Waals surface area (Å²) >= 11 is 6.14. The Morgan fingerprint density at radius 1 is 1.13 bits per heavy atom. The lowest BCUT2D eigenvalue weighted by Gasteiger charge is -2.12. The SMILES string of the molecule is CC(C)=O.CC(C)C(Cl)c1ccccc1. The van der Waals surface area contributed by atoms with Crippen LogP contribution in [-0.2, 0) is 4.79 Å². The number of hydrogen-bond acceptors (Lipinski definition) is 1. The van der Waals surface area contributed by atoms with Crippen LogP contribution in [0.3, 0.4) is 0 Å². The molecule has 0 heterocycles. The van der Waals surface area contributed by atoms with E-state index in [1.165, 1.54) is 19.4 Å². The first-order chi connectivity index (χ1) is 6.95. The average molecular weight is 227 g/mol. The number of benzene rings is 1. The Morgan fingerprint density at radius 2 is 1.53 bits per heavy atom. The van der Waals surface area contributed by atoms with Gasteiger partial charge in [-0.3, -0.25) is 0 Å². The van der Waals surface area contributed by atoms with E-state index >= 15 is 0 Å². The Labute approximate surface area is 97.5 Å². The highest BCUT2D eigenvalue weighted by Crippen LogP contribution is 2.27. The Bertz CT molecular complexity index is 276. The van der Waals surface area contributed by atoms with Crippen LogP contribution >= 0.6 is 11.6 Å². The minimum atomic E-state index is 0.149. The molecule has 2 heteroatoms. The van der Waals surface area contributed by atoms with Gasteiger partial charge in [-0.05, 0) is 25.3 Å². The van der Waals surface area contributed by atoms with Gasteiger partial charge < -0.3 is 4.79 Å². The molecule has 0 aromatic heterocycles. The Morgan fingerprint density at radius 3 is 1.87 bits per heavy atom. The molecule has 1 aromatic rings. The molecular weight excluding hydrogens is 208 g/mol. The van der Waals surface area contributed by atoms with Gasteiger partial charge in [0.25, 0.3) is 0 Å². The first-order valence-electron chi connectivity index (χ1n) is 5.11. The molecule has 0 fully saturated rings. The van der Waals surface area contributed by atoms with Gasteiger partial charge in [0.05, 0.1) is 5.38 Å². The van der Waals surface area contributed by atoms with Gasteiger partial charge in [0.15, 0.2) is 0 Å². The Kier molecular flexibility index (Phi) is 7.06. The van der Waals surface area contributed by atoms with Crippen molar-refractivity contribution in [2.45, 2.75) is 33.1 Å². The summed E-state index contributed by atoms with van der Waals surface area (Å²) in [6.45, 7) is 7.31. The third-order valence-corrected chi connectivity index (χ3v) is 2.46. The van der Waals surface area contributed by atoms with Crippen molar-refractivity contribution in [3.05, 3.63) is 35.9 Å². The van der Waals surface area contributed by atoms with Gasteiger partial charge in [-0.15, -0.1) is 11.6 Å². The number of alkyl halides is 1. The number of Topliss-reactive ketones (excluding diaryl/α,β-unsaturated/α-hetero) is 1. The molecular formula is C13H19ClO. The van der Waals surface area contributed by atoms with E-state index in [0.717, 1.165) is 0 Å². The van der Waals surface area contributed by atoms with E-state index in [-0.39, 0.29) is 11.2 Å². The van der Waals surface area contributed by atoms with Crippen molar-refractivity contribution in [2.24, 2.45) is 5.92 Å². The minimum Gasteiger partial charge on any atom is -0.300 e. The van der Waals surface area contributed by atoms with E-state index < -0.39 is 0 Å². The molecule has 84 valence electrons. The van der Waals surface area contributed by atoms with E-state index in [1.807, 2.05) is 18.2 Å². The first-order valence-corrected chi connectivity index (χ1v) is 5.55. The van der Waals surface area contributed by atoms with Crippen LogP contribution in [0.1, 0.15) is 38.6 Å². The lowest BCUT2D eigenvalue weighted by Crippen LogP contribution is -1.98.